The Kier molecular flexibility index (Phi) is 3.72. The average molecular weight is 293 g/mol. The molecular weight excluding hydrogens is 274 g/mol. The third-order valence-electron chi connectivity index (χ3n) is 4.01. The molecule has 1 aliphatic rings. The van der Waals surface area contributed by atoms with Gasteiger partial charge in [-0.3, -0.25) is 9.69 Å². The number of amides is 1. The van der Waals surface area contributed by atoms with E-state index in [9.17, 15) is 9.90 Å². The molecule has 0 unspecified atom stereocenters. The van der Waals surface area contributed by atoms with Gasteiger partial charge in [-0.25, -0.2) is 0 Å². The molecule has 1 aliphatic heterocycles. The fraction of sp³-hybridized carbons (Fsp3) is 0.211. The minimum absolute atomic E-state index is 0.0847. The highest BCUT2D eigenvalue weighted by molar-refractivity contribution is 6.04. The first-order valence-electron chi connectivity index (χ1n) is 7.41. The number of rotatable bonds is 2. The Bertz CT molecular complexity index is 734. The zero-order chi connectivity index (χ0) is 15.7. The Hall–Kier alpha value is -2.55. The summed E-state index contributed by atoms with van der Waals surface area (Å²) < 4.78 is 0. The van der Waals surface area contributed by atoms with Gasteiger partial charge in [0.2, 0.25) is 0 Å². The van der Waals surface area contributed by atoms with Crippen LogP contribution in [0.5, 0.6) is 5.75 Å². The molecule has 3 rings (SSSR count). The lowest BCUT2D eigenvalue weighted by Crippen LogP contribution is -2.37. The minimum atomic E-state index is -0.0913. The molecule has 0 fully saturated rings. The number of hydrogen-bond acceptors (Lipinski definition) is 2. The Morgan fingerprint density at radius 3 is 2.55 bits per heavy atom. The highest BCUT2D eigenvalue weighted by atomic mass is 16.3. The Balaban J connectivity index is 2.12. The van der Waals surface area contributed by atoms with Gasteiger partial charge in [-0.2, -0.15) is 0 Å². The topological polar surface area (TPSA) is 40.5 Å². The van der Waals surface area contributed by atoms with Crippen LogP contribution >= 0.6 is 0 Å². The fourth-order valence-electron chi connectivity index (χ4n) is 2.94. The molecule has 1 heterocycles. The lowest BCUT2D eigenvalue weighted by atomic mass is 9.93. The van der Waals surface area contributed by atoms with Crippen molar-refractivity contribution in [2.75, 3.05) is 4.90 Å². The highest BCUT2D eigenvalue weighted by Crippen LogP contribution is 2.39. The maximum absolute atomic E-state index is 12.6. The van der Waals surface area contributed by atoms with Gasteiger partial charge in [0.25, 0.3) is 5.91 Å². The molecule has 0 spiro atoms. The smallest absolute Gasteiger partial charge is 0.251 e. The Labute approximate surface area is 130 Å². The highest BCUT2D eigenvalue weighted by Gasteiger charge is 2.31. The number of aryl methyl sites for hydroxylation is 1. The van der Waals surface area contributed by atoms with Crippen molar-refractivity contribution in [2.24, 2.45) is 0 Å². The van der Waals surface area contributed by atoms with Gasteiger partial charge >= 0.3 is 0 Å². The van der Waals surface area contributed by atoms with E-state index in [1.165, 1.54) is 0 Å². The van der Waals surface area contributed by atoms with Gasteiger partial charge in [-0.1, -0.05) is 42.0 Å². The van der Waals surface area contributed by atoms with Crippen molar-refractivity contribution in [3.05, 3.63) is 71.3 Å². The fourth-order valence-corrected chi connectivity index (χ4v) is 2.94. The molecule has 2 aromatic carbocycles. The predicted octanol–water partition coefficient (Wildman–Crippen LogP) is 4.12. The summed E-state index contributed by atoms with van der Waals surface area (Å²) in [6.45, 7) is 3.93. The molecule has 0 radical (unpaired) electrons. The van der Waals surface area contributed by atoms with Gasteiger partial charge < -0.3 is 5.11 Å². The number of aromatic hydroxyl groups is 1. The Morgan fingerprint density at radius 1 is 1.09 bits per heavy atom. The van der Waals surface area contributed by atoms with Crippen molar-refractivity contribution >= 4 is 11.6 Å². The molecular formula is C19H19NO2. The van der Waals surface area contributed by atoms with Crippen LogP contribution in [0.2, 0.25) is 0 Å². The number of benzene rings is 2. The van der Waals surface area contributed by atoms with E-state index in [-0.39, 0.29) is 17.7 Å². The summed E-state index contributed by atoms with van der Waals surface area (Å²) in [6.07, 6.45) is 2.42. The quantitative estimate of drug-likeness (QED) is 0.904. The van der Waals surface area contributed by atoms with E-state index in [1.807, 2.05) is 56.3 Å². The summed E-state index contributed by atoms with van der Waals surface area (Å²) in [7, 11) is 0. The predicted molar refractivity (Wildman–Crippen MR) is 87.9 cm³/mol. The van der Waals surface area contributed by atoms with Gasteiger partial charge in [0.15, 0.2) is 0 Å². The maximum Gasteiger partial charge on any atom is 0.251 e. The van der Waals surface area contributed by atoms with Crippen LogP contribution in [-0.2, 0) is 4.79 Å². The molecule has 2 aromatic rings. The molecule has 0 aromatic heterocycles. The molecule has 0 bridgehead atoms. The normalized spacial score (nSPS) is 18.3. The largest absolute Gasteiger partial charge is 0.506 e. The van der Waals surface area contributed by atoms with E-state index < -0.39 is 0 Å². The number of anilines is 1. The first kappa shape index (κ1) is 14.4. The van der Waals surface area contributed by atoms with Crippen LogP contribution in [0.1, 0.15) is 30.5 Å². The van der Waals surface area contributed by atoms with Crippen molar-refractivity contribution < 1.29 is 9.90 Å². The van der Waals surface area contributed by atoms with Crippen LogP contribution < -0.4 is 4.90 Å². The summed E-state index contributed by atoms with van der Waals surface area (Å²) in [5.74, 6) is 0.0475. The van der Waals surface area contributed by atoms with Gasteiger partial charge in [0.1, 0.15) is 5.75 Å². The average Bonchev–Trinajstić information content (AvgIpc) is 2.50. The molecule has 3 nitrogen and oxygen atoms in total. The van der Waals surface area contributed by atoms with Gasteiger partial charge in [-0.05, 0) is 43.5 Å². The summed E-state index contributed by atoms with van der Waals surface area (Å²) in [5, 5.41) is 10.2. The SMILES string of the molecule is CC1=CC(=O)N(c2cc(C)ccc2O)[C@@H](c2ccccc2)C1. The van der Waals surface area contributed by atoms with Gasteiger partial charge in [-0.15, -0.1) is 0 Å². The van der Waals surface area contributed by atoms with Crippen LogP contribution in [0.3, 0.4) is 0 Å². The first-order chi connectivity index (χ1) is 10.6. The summed E-state index contributed by atoms with van der Waals surface area (Å²) >= 11 is 0. The molecule has 0 saturated heterocycles. The molecule has 3 heteroatoms. The van der Waals surface area contributed by atoms with Gasteiger partial charge in [0.05, 0.1) is 11.7 Å². The number of nitrogens with zero attached hydrogens (tertiary/aromatic N) is 1. The third-order valence-corrected chi connectivity index (χ3v) is 4.01. The van der Waals surface area contributed by atoms with E-state index in [0.717, 1.165) is 23.1 Å². The zero-order valence-electron chi connectivity index (χ0n) is 12.8. The van der Waals surface area contributed by atoms with Crippen molar-refractivity contribution in [3.8, 4) is 5.75 Å². The van der Waals surface area contributed by atoms with Crippen LogP contribution in [0.4, 0.5) is 5.69 Å². The number of carbonyl (C=O) groups is 1. The monoisotopic (exact) mass is 293 g/mol. The number of carbonyl (C=O) groups excluding carboxylic acids is 1. The van der Waals surface area contributed by atoms with E-state index in [0.29, 0.717) is 5.69 Å². The van der Waals surface area contributed by atoms with Crippen molar-refractivity contribution in [1.29, 1.82) is 0 Å². The molecule has 1 amide bonds. The third kappa shape index (κ3) is 2.62. The number of phenolic OH excluding ortho intramolecular Hbond substituents is 1. The van der Waals surface area contributed by atoms with Crippen LogP contribution in [0.25, 0.3) is 0 Å². The maximum atomic E-state index is 12.6. The van der Waals surface area contributed by atoms with Crippen molar-refractivity contribution in [2.45, 2.75) is 26.3 Å². The molecule has 112 valence electrons. The molecule has 1 atom stereocenters. The second kappa shape index (κ2) is 5.68. The van der Waals surface area contributed by atoms with E-state index >= 15 is 0 Å². The lowest BCUT2D eigenvalue weighted by molar-refractivity contribution is -0.115. The van der Waals surface area contributed by atoms with Crippen molar-refractivity contribution in [3.63, 3.8) is 0 Å². The summed E-state index contributed by atoms with van der Waals surface area (Å²) in [6, 6.07) is 15.2. The van der Waals surface area contributed by atoms with E-state index in [1.54, 1.807) is 17.0 Å². The molecule has 22 heavy (non-hydrogen) atoms. The molecule has 1 N–H and O–H groups in total. The van der Waals surface area contributed by atoms with Crippen molar-refractivity contribution in [1.82, 2.24) is 0 Å². The number of phenols is 1. The van der Waals surface area contributed by atoms with Gasteiger partial charge in [0, 0.05) is 6.08 Å². The van der Waals surface area contributed by atoms with Crippen LogP contribution in [-0.4, -0.2) is 11.0 Å². The van der Waals surface area contributed by atoms with E-state index in [2.05, 4.69) is 0 Å². The lowest BCUT2D eigenvalue weighted by Gasteiger charge is -2.35. The van der Waals surface area contributed by atoms with E-state index in [4.69, 9.17) is 0 Å². The molecule has 0 aliphatic carbocycles. The standard InChI is InChI=1S/C19H19NO2/c1-13-8-9-18(21)17(10-13)20-16(11-14(2)12-19(20)22)15-6-4-3-5-7-15/h3-10,12,16,21H,11H2,1-2H3/t16-/m1/s1. The van der Waals surface area contributed by atoms with Crippen LogP contribution in [0, 0.1) is 6.92 Å². The second-order valence-electron chi connectivity index (χ2n) is 5.82. The minimum Gasteiger partial charge on any atom is -0.506 e. The Morgan fingerprint density at radius 2 is 1.82 bits per heavy atom. The van der Waals surface area contributed by atoms with Crippen LogP contribution in [0.15, 0.2) is 60.2 Å². The zero-order valence-corrected chi connectivity index (χ0v) is 12.8. The summed E-state index contributed by atoms with van der Waals surface area (Å²) in [5.41, 5.74) is 3.72. The second-order valence-corrected chi connectivity index (χ2v) is 5.82. The summed E-state index contributed by atoms with van der Waals surface area (Å²) in [4.78, 5) is 14.3. The number of hydrogen-bond donors (Lipinski definition) is 1. The first-order valence-corrected chi connectivity index (χ1v) is 7.41. The molecule has 0 saturated carbocycles.